The third kappa shape index (κ3) is 3.76. The van der Waals surface area contributed by atoms with Gasteiger partial charge in [0.1, 0.15) is 0 Å². The lowest BCUT2D eigenvalue weighted by molar-refractivity contribution is 0.00635. The minimum Gasteiger partial charge on any atom is -0.387 e. The average Bonchev–Trinajstić information content (AvgIpc) is 3.19. The highest BCUT2D eigenvalue weighted by molar-refractivity contribution is 5.80. The second-order valence-corrected chi connectivity index (χ2v) is 8.02. The van der Waals surface area contributed by atoms with Crippen LogP contribution in [-0.2, 0) is 13.1 Å². The summed E-state index contributed by atoms with van der Waals surface area (Å²) in [4.78, 5) is 4.89. The molecule has 0 spiro atoms. The molecule has 136 valence electrons. The zero-order chi connectivity index (χ0) is 17.3. The molecule has 0 unspecified atom stereocenters. The van der Waals surface area contributed by atoms with Gasteiger partial charge in [0.05, 0.1) is 5.60 Å². The van der Waals surface area contributed by atoms with Crippen LogP contribution in [0.25, 0.3) is 10.9 Å². The first-order valence-electron chi connectivity index (χ1n) is 9.90. The second kappa shape index (κ2) is 7.10. The van der Waals surface area contributed by atoms with Gasteiger partial charge in [-0.1, -0.05) is 18.6 Å². The number of aliphatic hydroxyl groups is 1. The molecule has 2 aromatic rings. The van der Waals surface area contributed by atoms with Gasteiger partial charge in [0.15, 0.2) is 0 Å². The van der Waals surface area contributed by atoms with E-state index in [9.17, 15) is 5.11 Å². The summed E-state index contributed by atoms with van der Waals surface area (Å²) >= 11 is 0. The number of piperidine rings is 1. The van der Waals surface area contributed by atoms with Crippen LogP contribution in [0.2, 0.25) is 0 Å². The average molecular weight is 341 g/mol. The van der Waals surface area contributed by atoms with Crippen molar-refractivity contribution in [3.8, 4) is 0 Å². The normalized spacial score (nSPS) is 25.8. The van der Waals surface area contributed by atoms with E-state index in [1.807, 2.05) is 0 Å². The van der Waals surface area contributed by atoms with Gasteiger partial charge in [0, 0.05) is 44.4 Å². The molecule has 2 fully saturated rings. The van der Waals surface area contributed by atoms with Crippen molar-refractivity contribution in [2.24, 2.45) is 0 Å². The smallest absolute Gasteiger partial charge is 0.0912 e. The molecule has 0 aliphatic carbocycles. The lowest BCUT2D eigenvalue weighted by Crippen LogP contribution is -2.46. The number of aryl methyl sites for hydroxylation is 1. The summed E-state index contributed by atoms with van der Waals surface area (Å²) in [6.07, 6.45) is 7.00. The summed E-state index contributed by atoms with van der Waals surface area (Å²) in [5.74, 6) is 0. The predicted octanol–water partition coefficient (Wildman–Crippen LogP) is 3.08. The molecular weight excluding hydrogens is 310 g/mol. The first kappa shape index (κ1) is 17.1. The van der Waals surface area contributed by atoms with E-state index < -0.39 is 5.60 Å². The summed E-state index contributed by atoms with van der Waals surface area (Å²) < 4.78 is 2.30. The SMILES string of the molecule is CCn1ccc2ccc(CN3CC[C@@](O)(CN4CCCCC4)C3)cc21. The van der Waals surface area contributed by atoms with E-state index in [1.165, 1.54) is 35.7 Å². The lowest BCUT2D eigenvalue weighted by atomic mass is 10.0. The van der Waals surface area contributed by atoms with Crippen LogP contribution in [0.3, 0.4) is 0 Å². The number of rotatable bonds is 5. The van der Waals surface area contributed by atoms with Crippen molar-refractivity contribution in [1.82, 2.24) is 14.4 Å². The number of fused-ring (bicyclic) bond motifs is 1. The zero-order valence-corrected chi connectivity index (χ0v) is 15.5. The van der Waals surface area contributed by atoms with Crippen molar-refractivity contribution in [1.29, 1.82) is 0 Å². The van der Waals surface area contributed by atoms with Crippen LogP contribution < -0.4 is 0 Å². The van der Waals surface area contributed by atoms with E-state index in [1.54, 1.807) is 0 Å². The van der Waals surface area contributed by atoms with Crippen molar-refractivity contribution < 1.29 is 5.11 Å². The molecule has 4 heteroatoms. The molecule has 1 atom stereocenters. The fourth-order valence-corrected chi connectivity index (χ4v) is 4.60. The summed E-state index contributed by atoms with van der Waals surface area (Å²) in [6.45, 7) is 9.10. The third-order valence-electron chi connectivity index (χ3n) is 5.96. The minimum atomic E-state index is -0.523. The molecule has 1 aromatic heterocycles. The van der Waals surface area contributed by atoms with E-state index >= 15 is 0 Å². The van der Waals surface area contributed by atoms with Crippen molar-refractivity contribution in [3.05, 3.63) is 36.0 Å². The number of benzene rings is 1. The van der Waals surface area contributed by atoms with Crippen LogP contribution in [0, 0.1) is 0 Å². The summed E-state index contributed by atoms with van der Waals surface area (Å²) in [5.41, 5.74) is 2.15. The molecule has 4 rings (SSSR count). The van der Waals surface area contributed by atoms with Gasteiger partial charge in [0.25, 0.3) is 0 Å². The largest absolute Gasteiger partial charge is 0.387 e. The van der Waals surface area contributed by atoms with Gasteiger partial charge in [-0.2, -0.15) is 0 Å². The van der Waals surface area contributed by atoms with Gasteiger partial charge in [-0.05, 0) is 62.4 Å². The Morgan fingerprint density at radius 2 is 1.88 bits per heavy atom. The van der Waals surface area contributed by atoms with Crippen molar-refractivity contribution in [3.63, 3.8) is 0 Å². The predicted molar refractivity (Wildman–Crippen MR) is 103 cm³/mol. The van der Waals surface area contributed by atoms with Crippen LogP contribution in [0.1, 0.15) is 38.2 Å². The van der Waals surface area contributed by atoms with E-state index in [4.69, 9.17) is 0 Å². The van der Waals surface area contributed by atoms with Gasteiger partial charge in [-0.15, -0.1) is 0 Å². The maximum atomic E-state index is 11.0. The molecule has 2 aliphatic heterocycles. The maximum absolute atomic E-state index is 11.0. The molecule has 0 amide bonds. The number of β-amino-alcohol motifs (C(OH)–C–C–N with tert-alkyl or cyclic N) is 1. The molecule has 1 aromatic carbocycles. The maximum Gasteiger partial charge on any atom is 0.0912 e. The second-order valence-electron chi connectivity index (χ2n) is 8.02. The van der Waals surface area contributed by atoms with Crippen LogP contribution in [0.4, 0.5) is 0 Å². The molecular formula is C21H31N3O. The van der Waals surface area contributed by atoms with Gasteiger partial charge in [-0.25, -0.2) is 0 Å². The Kier molecular flexibility index (Phi) is 4.85. The van der Waals surface area contributed by atoms with Crippen LogP contribution >= 0.6 is 0 Å². The monoisotopic (exact) mass is 341 g/mol. The summed E-state index contributed by atoms with van der Waals surface area (Å²) in [7, 11) is 0. The Morgan fingerprint density at radius 3 is 2.68 bits per heavy atom. The first-order chi connectivity index (χ1) is 12.1. The van der Waals surface area contributed by atoms with Crippen LogP contribution in [0.5, 0.6) is 0 Å². The molecule has 0 bridgehead atoms. The highest BCUT2D eigenvalue weighted by Gasteiger charge is 2.37. The van der Waals surface area contributed by atoms with E-state index in [0.717, 1.165) is 52.2 Å². The molecule has 2 saturated heterocycles. The Hall–Kier alpha value is -1.36. The van der Waals surface area contributed by atoms with Crippen molar-refractivity contribution >= 4 is 10.9 Å². The quantitative estimate of drug-likeness (QED) is 0.907. The Bertz CT molecular complexity index is 719. The fourth-order valence-electron chi connectivity index (χ4n) is 4.60. The van der Waals surface area contributed by atoms with Gasteiger partial charge in [0.2, 0.25) is 0 Å². The summed E-state index contributed by atoms with van der Waals surface area (Å²) in [6, 6.07) is 8.98. The molecule has 1 N–H and O–H groups in total. The van der Waals surface area contributed by atoms with E-state index in [0.29, 0.717) is 0 Å². The van der Waals surface area contributed by atoms with Crippen molar-refractivity contribution in [2.45, 2.75) is 51.3 Å². The van der Waals surface area contributed by atoms with Gasteiger partial charge < -0.3 is 14.6 Å². The Labute approximate surface area is 151 Å². The Morgan fingerprint density at radius 1 is 1.04 bits per heavy atom. The van der Waals surface area contributed by atoms with Crippen LogP contribution in [-0.4, -0.2) is 57.8 Å². The lowest BCUT2D eigenvalue weighted by Gasteiger charge is -2.33. The molecule has 25 heavy (non-hydrogen) atoms. The van der Waals surface area contributed by atoms with Crippen molar-refractivity contribution in [2.75, 3.05) is 32.7 Å². The van der Waals surface area contributed by atoms with Gasteiger partial charge >= 0.3 is 0 Å². The number of likely N-dealkylation sites (tertiary alicyclic amines) is 2. The molecule has 3 heterocycles. The first-order valence-corrected chi connectivity index (χ1v) is 9.90. The minimum absolute atomic E-state index is 0.523. The van der Waals surface area contributed by atoms with E-state index in [-0.39, 0.29) is 0 Å². The number of hydrogen-bond donors (Lipinski definition) is 1. The number of aromatic nitrogens is 1. The van der Waals surface area contributed by atoms with Crippen LogP contribution in [0.15, 0.2) is 30.5 Å². The Balaban J connectivity index is 1.40. The fraction of sp³-hybridized carbons (Fsp3) is 0.619. The molecule has 0 saturated carbocycles. The highest BCUT2D eigenvalue weighted by Crippen LogP contribution is 2.26. The molecule has 2 aliphatic rings. The number of hydrogen-bond acceptors (Lipinski definition) is 3. The van der Waals surface area contributed by atoms with Gasteiger partial charge in [-0.3, -0.25) is 4.90 Å². The highest BCUT2D eigenvalue weighted by atomic mass is 16.3. The van der Waals surface area contributed by atoms with E-state index in [2.05, 4.69) is 51.8 Å². The molecule has 4 nitrogen and oxygen atoms in total. The molecule has 0 radical (unpaired) electrons. The summed E-state index contributed by atoms with van der Waals surface area (Å²) in [5, 5.41) is 12.3. The standard InChI is InChI=1S/C21H31N3O/c1-2-24-12-8-19-7-6-18(14-20(19)24)15-23-13-9-21(25,17-23)16-22-10-4-3-5-11-22/h6-8,12,14,25H,2-5,9-11,13,15-17H2,1H3/t21-/m1/s1. The third-order valence-corrected chi connectivity index (χ3v) is 5.96. The number of nitrogens with zero attached hydrogens (tertiary/aromatic N) is 3. The topological polar surface area (TPSA) is 31.6 Å². The zero-order valence-electron chi connectivity index (χ0n) is 15.5.